The molecular formula is C15H23ClN2O3. The van der Waals surface area contributed by atoms with Crippen LogP contribution in [0.3, 0.4) is 0 Å². The van der Waals surface area contributed by atoms with E-state index in [9.17, 15) is 9.59 Å². The Kier molecular flexibility index (Phi) is 9.41. The van der Waals surface area contributed by atoms with Crippen molar-refractivity contribution in [3.63, 3.8) is 0 Å². The Hall–Kier alpha value is -1.59. The first-order valence-electron chi connectivity index (χ1n) is 6.85. The minimum absolute atomic E-state index is 0. The molecule has 6 heteroatoms. The van der Waals surface area contributed by atoms with E-state index in [4.69, 9.17) is 5.11 Å². The second-order valence-electron chi connectivity index (χ2n) is 4.57. The highest BCUT2D eigenvalue weighted by atomic mass is 35.5. The molecule has 0 aliphatic heterocycles. The summed E-state index contributed by atoms with van der Waals surface area (Å²) in [6.45, 7) is 4.68. The fourth-order valence-corrected chi connectivity index (χ4v) is 2.24. The first kappa shape index (κ1) is 19.4. The molecule has 21 heavy (non-hydrogen) atoms. The molecule has 0 spiro atoms. The van der Waals surface area contributed by atoms with E-state index in [1.54, 1.807) is 0 Å². The van der Waals surface area contributed by atoms with Gasteiger partial charge in [0.2, 0.25) is 5.91 Å². The summed E-state index contributed by atoms with van der Waals surface area (Å²) >= 11 is 0. The second-order valence-corrected chi connectivity index (χ2v) is 4.57. The standard InChI is InChI=1S/C15H22N2O3.ClH/c1-3-13(12-8-6-5-7-9-12)17(4-2)11-14(18)16-10-15(19)20;/h5-9,13H,3-4,10-11H2,1-2H3,(H,16,18)(H,19,20);1H. The predicted octanol–water partition coefficient (Wildman–Crippen LogP) is 2.08. The number of amides is 1. The normalized spacial score (nSPS) is 11.6. The van der Waals surface area contributed by atoms with Crippen LogP contribution < -0.4 is 5.32 Å². The topological polar surface area (TPSA) is 69.6 Å². The number of rotatable bonds is 8. The smallest absolute Gasteiger partial charge is 0.322 e. The van der Waals surface area contributed by atoms with Gasteiger partial charge in [-0.05, 0) is 18.5 Å². The minimum atomic E-state index is -1.03. The predicted molar refractivity (Wildman–Crippen MR) is 84.6 cm³/mol. The highest BCUT2D eigenvalue weighted by molar-refractivity contribution is 5.85. The van der Waals surface area contributed by atoms with Gasteiger partial charge in [-0.3, -0.25) is 14.5 Å². The Balaban J connectivity index is 0.00000400. The van der Waals surface area contributed by atoms with Gasteiger partial charge in [-0.25, -0.2) is 0 Å². The van der Waals surface area contributed by atoms with Crippen molar-refractivity contribution in [2.45, 2.75) is 26.3 Å². The number of hydrogen-bond donors (Lipinski definition) is 2. The van der Waals surface area contributed by atoms with Gasteiger partial charge < -0.3 is 10.4 Å². The van der Waals surface area contributed by atoms with Gasteiger partial charge >= 0.3 is 5.97 Å². The molecule has 118 valence electrons. The van der Waals surface area contributed by atoms with Gasteiger partial charge in [-0.1, -0.05) is 44.2 Å². The van der Waals surface area contributed by atoms with Crippen molar-refractivity contribution in [3.05, 3.63) is 35.9 Å². The third kappa shape index (κ3) is 6.60. The van der Waals surface area contributed by atoms with Gasteiger partial charge in [0.1, 0.15) is 6.54 Å². The number of carbonyl (C=O) groups is 2. The van der Waals surface area contributed by atoms with Crippen LogP contribution in [0.4, 0.5) is 0 Å². The maximum absolute atomic E-state index is 11.8. The molecule has 0 heterocycles. The summed E-state index contributed by atoms with van der Waals surface area (Å²) in [5.41, 5.74) is 1.17. The summed E-state index contributed by atoms with van der Waals surface area (Å²) < 4.78 is 0. The van der Waals surface area contributed by atoms with Gasteiger partial charge in [0.05, 0.1) is 6.54 Å². The van der Waals surface area contributed by atoms with Gasteiger partial charge in [0, 0.05) is 6.04 Å². The van der Waals surface area contributed by atoms with E-state index in [2.05, 4.69) is 12.2 Å². The van der Waals surface area contributed by atoms with Gasteiger partial charge in [-0.15, -0.1) is 12.4 Å². The average molecular weight is 315 g/mol. The number of carboxylic acid groups (broad SMARTS) is 1. The summed E-state index contributed by atoms with van der Waals surface area (Å²) in [5.74, 6) is -1.29. The Morgan fingerprint density at radius 2 is 1.86 bits per heavy atom. The average Bonchev–Trinajstić information content (AvgIpc) is 2.46. The lowest BCUT2D eigenvalue weighted by Crippen LogP contribution is -2.40. The molecule has 0 bridgehead atoms. The van der Waals surface area contributed by atoms with Gasteiger partial charge in [0.25, 0.3) is 0 Å². The molecule has 0 aromatic heterocycles. The number of nitrogens with zero attached hydrogens (tertiary/aromatic N) is 1. The van der Waals surface area contributed by atoms with Crippen molar-refractivity contribution in [2.24, 2.45) is 0 Å². The van der Waals surface area contributed by atoms with E-state index < -0.39 is 5.97 Å². The maximum atomic E-state index is 11.8. The number of halogens is 1. The van der Waals surface area contributed by atoms with Crippen molar-refractivity contribution >= 4 is 24.3 Å². The molecule has 1 atom stereocenters. The van der Waals surface area contributed by atoms with Crippen LogP contribution in [0.15, 0.2) is 30.3 Å². The Morgan fingerprint density at radius 3 is 2.33 bits per heavy atom. The highest BCUT2D eigenvalue weighted by Gasteiger charge is 2.19. The van der Waals surface area contributed by atoms with Crippen molar-refractivity contribution in [2.75, 3.05) is 19.6 Å². The number of aliphatic carboxylic acids is 1. The molecule has 0 radical (unpaired) electrons. The third-order valence-corrected chi connectivity index (χ3v) is 3.20. The van der Waals surface area contributed by atoms with E-state index in [0.29, 0.717) is 0 Å². The van der Waals surface area contributed by atoms with E-state index in [0.717, 1.165) is 13.0 Å². The van der Waals surface area contributed by atoms with Gasteiger partial charge in [-0.2, -0.15) is 0 Å². The number of likely N-dealkylation sites (N-methyl/N-ethyl adjacent to an activating group) is 1. The quantitative estimate of drug-likeness (QED) is 0.771. The van der Waals surface area contributed by atoms with Crippen LogP contribution in [0.5, 0.6) is 0 Å². The Bertz CT molecular complexity index is 440. The summed E-state index contributed by atoms with van der Waals surface area (Å²) in [4.78, 5) is 24.2. The molecule has 0 saturated heterocycles. The zero-order valence-corrected chi connectivity index (χ0v) is 13.2. The molecule has 0 aliphatic carbocycles. The molecule has 0 fully saturated rings. The lowest BCUT2D eigenvalue weighted by atomic mass is 10.0. The molecular weight excluding hydrogens is 292 g/mol. The summed E-state index contributed by atoms with van der Waals surface area (Å²) in [6, 6.07) is 10.2. The van der Waals surface area contributed by atoms with Gasteiger partial charge in [0.15, 0.2) is 0 Å². The zero-order chi connectivity index (χ0) is 15.0. The Morgan fingerprint density at radius 1 is 1.24 bits per heavy atom. The first-order valence-corrected chi connectivity index (χ1v) is 6.85. The number of carbonyl (C=O) groups excluding carboxylic acids is 1. The number of hydrogen-bond acceptors (Lipinski definition) is 3. The summed E-state index contributed by atoms with van der Waals surface area (Å²) in [5, 5.41) is 11.0. The van der Waals surface area contributed by atoms with E-state index in [1.165, 1.54) is 5.56 Å². The molecule has 1 amide bonds. The Labute approximate surface area is 131 Å². The van der Waals surface area contributed by atoms with E-state index in [-0.39, 0.29) is 37.4 Å². The number of benzene rings is 1. The monoisotopic (exact) mass is 314 g/mol. The molecule has 1 aromatic rings. The number of carboxylic acids is 1. The van der Waals surface area contributed by atoms with E-state index in [1.807, 2.05) is 42.2 Å². The van der Waals surface area contributed by atoms with Crippen LogP contribution in [0.25, 0.3) is 0 Å². The van der Waals surface area contributed by atoms with Crippen LogP contribution in [0.2, 0.25) is 0 Å². The van der Waals surface area contributed by atoms with Crippen molar-refractivity contribution in [1.82, 2.24) is 10.2 Å². The number of nitrogens with one attached hydrogen (secondary N) is 1. The molecule has 1 unspecified atom stereocenters. The lowest BCUT2D eigenvalue weighted by molar-refractivity contribution is -0.138. The first-order chi connectivity index (χ1) is 9.58. The SMILES string of the molecule is CCC(c1ccccc1)N(CC)CC(=O)NCC(=O)O.Cl. The molecule has 0 saturated carbocycles. The molecule has 5 nitrogen and oxygen atoms in total. The van der Waals surface area contributed by atoms with Crippen molar-refractivity contribution in [3.8, 4) is 0 Å². The van der Waals surface area contributed by atoms with Crippen LogP contribution in [-0.2, 0) is 9.59 Å². The van der Waals surface area contributed by atoms with Crippen molar-refractivity contribution in [1.29, 1.82) is 0 Å². The highest BCUT2D eigenvalue weighted by Crippen LogP contribution is 2.23. The van der Waals surface area contributed by atoms with Crippen LogP contribution in [-0.4, -0.2) is 41.5 Å². The minimum Gasteiger partial charge on any atom is -0.480 e. The summed E-state index contributed by atoms with van der Waals surface area (Å²) in [7, 11) is 0. The zero-order valence-electron chi connectivity index (χ0n) is 12.4. The fraction of sp³-hybridized carbons (Fsp3) is 0.467. The molecule has 1 rings (SSSR count). The summed E-state index contributed by atoms with van der Waals surface area (Å²) in [6.07, 6.45) is 0.893. The largest absolute Gasteiger partial charge is 0.480 e. The van der Waals surface area contributed by atoms with Crippen LogP contribution in [0.1, 0.15) is 31.9 Å². The second kappa shape index (κ2) is 10.2. The van der Waals surface area contributed by atoms with Crippen LogP contribution in [0, 0.1) is 0 Å². The van der Waals surface area contributed by atoms with E-state index >= 15 is 0 Å². The third-order valence-electron chi connectivity index (χ3n) is 3.20. The van der Waals surface area contributed by atoms with Crippen LogP contribution >= 0.6 is 12.4 Å². The van der Waals surface area contributed by atoms with Crippen molar-refractivity contribution < 1.29 is 14.7 Å². The molecule has 0 aliphatic rings. The fourth-order valence-electron chi connectivity index (χ4n) is 2.24. The lowest BCUT2D eigenvalue weighted by Gasteiger charge is -2.29. The maximum Gasteiger partial charge on any atom is 0.322 e. The molecule has 1 aromatic carbocycles. The molecule has 2 N–H and O–H groups in total.